The molecule has 0 aliphatic carbocycles. The van der Waals surface area contributed by atoms with E-state index in [0.717, 1.165) is 17.9 Å². The number of hydrogen-bond acceptors (Lipinski definition) is 2. The van der Waals surface area contributed by atoms with Crippen LogP contribution in [0.3, 0.4) is 0 Å². The molecule has 0 bridgehead atoms. The largest absolute Gasteiger partial charge is 0.146 e. The summed E-state index contributed by atoms with van der Waals surface area (Å²) in [7, 11) is 0. The van der Waals surface area contributed by atoms with E-state index >= 15 is 0 Å². The summed E-state index contributed by atoms with van der Waals surface area (Å²) in [6, 6.07) is 10.3. The molecular formula is C10H12S2. The van der Waals surface area contributed by atoms with Crippen molar-refractivity contribution in [3.05, 3.63) is 35.9 Å². The predicted molar refractivity (Wildman–Crippen MR) is 58.9 cm³/mol. The third-order valence-corrected chi connectivity index (χ3v) is 4.52. The van der Waals surface area contributed by atoms with Crippen molar-refractivity contribution in [2.75, 3.05) is 11.5 Å². The number of rotatable bonds is 2. The Balaban J connectivity index is 2.05. The molecule has 1 heterocycles. The zero-order valence-corrected chi connectivity index (χ0v) is 8.46. The van der Waals surface area contributed by atoms with Crippen molar-refractivity contribution in [1.82, 2.24) is 0 Å². The van der Waals surface area contributed by atoms with Gasteiger partial charge in [-0.1, -0.05) is 30.3 Å². The van der Waals surface area contributed by atoms with Gasteiger partial charge >= 0.3 is 0 Å². The fourth-order valence-corrected chi connectivity index (χ4v) is 3.71. The Morgan fingerprint density at radius 2 is 1.92 bits per heavy atom. The average Bonchev–Trinajstić information content (AvgIpc) is 2.54. The molecule has 0 atom stereocenters. The first-order valence-corrected chi connectivity index (χ1v) is 6.07. The molecule has 1 fully saturated rings. The Bertz CT molecular complexity index is 268. The molecule has 12 heavy (non-hydrogen) atoms. The van der Waals surface area contributed by atoms with Crippen LogP contribution in [0.4, 0.5) is 0 Å². The van der Waals surface area contributed by atoms with Crippen molar-refractivity contribution in [2.24, 2.45) is 0 Å². The molecule has 0 radical (unpaired) electrons. The van der Waals surface area contributed by atoms with E-state index in [1.807, 2.05) is 18.2 Å². The molecule has 1 aliphatic rings. The van der Waals surface area contributed by atoms with Gasteiger partial charge in [0.2, 0.25) is 0 Å². The van der Waals surface area contributed by atoms with E-state index in [1.54, 1.807) is 23.5 Å². The molecule has 0 unspecified atom stereocenters. The monoisotopic (exact) mass is 197 g/mol. The van der Waals surface area contributed by atoms with Crippen LogP contribution in [0.25, 0.3) is 0 Å². The first-order valence-electron chi connectivity index (χ1n) is 4.60. The summed E-state index contributed by atoms with van der Waals surface area (Å²) >= 11 is 3.54. The summed E-state index contributed by atoms with van der Waals surface area (Å²) in [5, 5.41) is 0. The molecular weight excluding hydrogens is 184 g/mol. The maximum absolute atomic E-state index is 8.14. The molecule has 2 rings (SSSR count). The summed E-state index contributed by atoms with van der Waals surface area (Å²) in [5.41, 5.74) is 1.28. The lowest BCUT2D eigenvalue weighted by molar-refractivity contribution is 1.11. The third-order valence-electron chi connectivity index (χ3n) is 1.80. The van der Waals surface area contributed by atoms with Gasteiger partial charge in [0.05, 0.1) is 5.93 Å². The van der Waals surface area contributed by atoms with E-state index in [1.165, 1.54) is 5.56 Å². The number of thioether (sulfide) groups is 2. The first kappa shape index (κ1) is 7.34. The van der Waals surface area contributed by atoms with Gasteiger partial charge in [-0.3, -0.25) is 0 Å². The minimum atomic E-state index is -0.318. The lowest BCUT2D eigenvalue weighted by atomic mass is 10.2. The Labute approximate surface area is 83.5 Å². The number of hydrogen-bond donors (Lipinski definition) is 0. The Morgan fingerprint density at radius 3 is 2.58 bits per heavy atom. The molecule has 0 saturated carbocycles. The van der Waals surface area contributed by atoms with Gasteiger partial charge in [-0.15, -0.1) is 23.5 Å². The molecule has 2 heteroatoms. The zero-order valence-electron chi connectivity index (χ0n) is 7.82. The van der Waals surface area contributed by atoms with Crippen molar-refractivity contribution >= 4 is 23.5 Å². The van der Waals surface area contributed by atoms with Crippen LogP contribution in [0.2, 0.25) is 0 Å². The molecule has 0 aromatic heterocycles. The standard InChI is InChI=1S/C10H12S2/c1-2-4-9(5-3-1)8-10-11-6-7-12-10/h1-5,10H,6-8H2/i10D. The molecule has 1 aliphatic heterocycles. The van der Waals surface area contributed by atoms with E-state index in [4.69, 9.17) is 1.37 Å². The molecule has 0 N–H and O–H groups in total. The van der Waals surface area contributed by atoms with Crippen molar-refractivity contribution in [3.8, 4) is 0 Å². The van der Waals surface area contributed by atoms with Gasteiger partial charge in [0.15, 0.2) is 0 Å². The highest BCUT2D eigenvalue weighted by atomic mass is 32.2. The Kier molecular flexibility index (Phi) is 2.59. The van der Waals surface area contributed by atoms with Crippen molar-refractivity contribution in [2.45, 2.75) is 11.0 Å². The minimum absolute atomic E-state index is 0.318. The van der Waals surface area contributed by atoms with Crippen molar-refractivity contribution in [1.29, 1.82) is 0 Å². The van der Waals surface area contributed by atoms with Crippen LogP contribution in [-0.2, 0) is 6.42 Å². The van der Waals surface area contributed by atoms with Gasteiger partial charge in [0.1, 0.15) is 0 Å². The number of benzene rings is 1. The Hall–Kier alpha value is -0.0800. The van der Waals surface area contributed by atoms with Gasteiger partial charge in [0, 0.05) is 11.5 Å². The van der Waals surface area contributed by atoms with Gasteiger partial charge < -0.3 is 0 Å². The normalized spacial score (nSPS) is 22.2. The van der Waals surface area contributed by atoms with Gasteiger partial charge in [0.25, 0.3) is 0 Å². The SMILES string of the molecule is [2H]C1(Cc2ccccc2)SCCS1. The maximum atomic E-state index is 8.14. The van der Waals surface area contributed by atoms with Crippen LogP contribution in [-0.4, -0.2) is 16.1 Å². The quantitative estimate of drug-likeness (QED) is 0.715. The highest BCUT2D eigenvalue weighted by molar-refractivity contribution is 8.20. The summed E-state index contributed by atoms with van der Waals surface area (Å²) in [4.78, 5) is 0. The molecule has 1 saturated heterocycles. The fraction of sp³-hybridized carbons (Fsp3) is 0.400. The van der Waals surface area contributed by atoms with E-state index in [0.29, 0.717) is 0 Å². The molecule has 64 valence electrons. The zero-order chi connectivity index (χ0) is 9.15. The summed E-state index contributed by atoms with van der Waals surface area (Å²) < 4.78 is 7.83. The lowest BCUT2D eigenvalue weighted by Crippen LogP contribution is -1.96. The predicted octanol–water partition coefficient (Wildman–Crippen LogP) is 3.04. The molecule has 1 aromatic carbocycles. The van der Waals surface area contributed by atoms with Crippen LogP contribution in [0.1, 0.15) is 6.93 Å². The minimum Gasteiger partial charge on any atom is -0.146 e. The molecule has 0 nitrogen and oxygen atoms in total. The second-order valence-corrected chi connectivity index (χ2v) is 5.37. The second-order valence-electron chi connectivity index (χ2n) is 2.73. The van der Waals surface area contributed by atoms with Crippen molar-refractivity contribution < 1.29 is 1.37 Å². The summed E-state index contributed by atoms with van der Waals surface area (Å²) in [6.45, 7) is 0. The van der Waals surface area contributed by atoms with E-state index in [2.05, 4.69) is 12.1 Å². The van der Waals surface area contributed by atoms with Crippen molar-refractivity contribution in [3.63, 3.8) is 0 Å². The fourth-order valence-electron chi connectivity index (χ4n) is 1.22. The second kappa shape index (κ2) is 4.24. The highest BCUT2D eigenvalue weighted by Gasteiger charge is 2.15. The van der Waals surface area contributed by atoms with E-state index in [-0.39, 0.29) is 4.56 Å². The Morgan fingerprint density at radius 1 is 1.25 bits per heavy atom. The van der Waals surface area contributed by atoms with Gasteiger partial charge in [-0.25, -0.2) is 0 Å². The third kappa shape index (κ3) is 2.20. The summed E-state index contributed by atoms with van der Waals surface area (Å²) in [6.07, 6.45) is 0.864. The van der Waals surface area contributed by atoms with Crippen LogP contribution in [0.5, 0.6) is 0 Å². The average molecular weight is 197 g/mol. The van der Waals surface area contributed by atoms with E-state index in [9.17, 15) is 0 Å². The first-order chi connectivity index (χ1) is 6.29. The van der Waals surface area contributed by atoms with Gasteiger partial charge in [-0.05, 0) is 12.0 Å². The van der Waals surface area contributed by atoms with Gasteiger partial charge in [-0.2, -0.15) is 0 Å². The smallest absolute Gasteiger partial charge is 0.0543 e. The van der Waals surface area contributed by atoms with Crippen LogP contribution in [0, 0.1) is 0 Å². The van der Waals surface area contributed by atoms with Crippen LogP contribution in [0.15, 0.2) is 30.3 Å². The highest BCUT2D eigenvalue weighted by Crippen LogP contribution is 2.34. The van der Waals surface area contributed by atoms with Crippen LogP contribution >= 0.6 is 23.5 Å². The molecule has 0 amide bonds. The molecule has 0 spiro atoms. The summed E-state index contributed by atoms with van der Waals surface area (Å²) in [5.74, 6) is 2.25. The molecule has 1 aromatic rings. The topological polar surface area (TPSA) is 0 Å². The maximum Gasteiger partial charge on any atom is 0.0543 e. The van der Waals surface area contributed by atoms with E-state index < -0.39 is 0 Å². The van der Waals surface area contributed by atoms with Crippen LogP contribution < -0.4 is 0 Å². The lowest BCUT2D eigenvalue weighted by Gasteiger charge is -2.06.